The molecule has 2 aromatic rings. The summed E-state index contributed by atoms with van der Waals surface area (Å²) >= 11 is 0. The normalized spacial score (nSPS) is 17.2. The molecule has 1 saturated heterocycles. The fourth-order valence-electron chi connectivity index (χ4n) is 4.00. The highest BCUT2D eigenvalue weighted by molar-refractivity contribution is 7.89. The number of nitro benzene ring substituents is 1. The van der Waals surface area contributed by atoms with Crippen molar-refractivity contribution in [3.8, 4) is 11.5 Å². The van der Waals surface area contributed by atoms with E-state index >= 15 is 0 Å². The van der Waals surface area contributed by atoms with Crippen molar-refractivity contribution in [1.82, 2.24) is 4.31 Å². The Labute approximate surface area is 191 Å². The van der Waals surface area contributed by atoms with Crippen molar-refractivity contribution >= 4 is 27.3 Å². The maximum atomic E-state index is 13.2. The van der Waals surface area contributed by atoms with Crippen molar-refractivity contribution in [2.24, 2.45) is 5.92 Å². The lowest BCUT2D eigenvalue weighted by molar-refractivity contribution is -0.384. The minimum atomic E-state index is -3.73. The van der Waals surface area contributed by atoms with Crippen LogP contribution in [0.5, 0.6) is 11.5 Å². The number of sulfonamides is 1. The number of amides is 1. The van der Waals surface area contributed by atoms with Gasteiger partial charge in [0.1, 0.15) is 0 Å². The summed E-state index contributed by atoms with van der Waals surface area (Å²) in [5.41, 5.74) is 0.501. The Morgan fingerprint density at radius 2 is 1.70 bits per heavy atom. The number of nitro groups is 1. The molecule has 2 aliphatic heterocycles. The zero-order valence-electron chi connectivity index (χ0n) is 18.2. The van der Waals surface area contributed by atoms with Crippen molar-refractivity contribution in [3.63, 3.8) is 0 Å². The molecule has 0 atom stereocenters. The largest absolute Gasteiger partial charge is 0.490 e. The number of piperidine rings is 1. The molecular weight excluding hydrogens is 450 g/mol. The molecule has 4 rings (SSSR count). The number of benzene rings is 2. The molecule has 0 spiro atoms. The van der Waals surface area contributed by atoms with Crippen LogP contribution in [0.4, 0.5) is 11.4 Å². The number of nitrogens with zero attached hydrogens (tertiary/aromatic N) is 3. The number of rotatable bonds is 5. The van der Waals surface area contributed by atoms with Crippen LogP contribution in [-0.2, 0) is 14.8 Å². The predicted molar refractivity (Wildman–Crippen MR) is 120 cm³/mol. The van der Waals surface area contributed by atoms with Gasteiger partial charge in [0.2, 0.25) is 15.9 Å². The highest BCUT2D eigenvalue weighted by atomic mass is 32.2. The van der Waals surface area contributed by atoms with E-state index in [0.717, 1.165) is 6.42 Å². The second-order valence-corrected chi connectivity index (χ2v) is 9.95. The van der Waals surface area contributed by atoms with Gasteiger partial charge in [0, 0.05) is 56.4 Å². The summed E-state index contributed by atoms with van der Waals surface area (Å²) < 4.78 is 38.9. The SMILES string of the molecule is CN(C(=O)C1CCN(S(=O)(=O)c2ccc3c(c2)OCCCO3)CC1)c1ccc([N+](=O)[O-])cc1. The molecule has 33 heavy (non-hydrogen) atoms. The quantitative estimate of drug-likeness (QED) is 0.482. The summed E-state index contributed by atoms with van der Waals surface area (Å²) in [5, 5.41) is 10.8. The Bertz CT molecular complexity index is 1140. The second kappa shape index (κ2) is 9.36. The van der Waals surface area contributed by atoms with Crippen LogP contribution in [0.25, 0.3) is 0 Å². The third kappa shape index (κ3) is 4.79. The van der Waals surface area contributed by atoms with E-state index in [-0.39, 0.29) is 35.5 Å². The fraction of sp³-hybridized carbons (Fsp3) is 0.409. The first-order chi connectivity index (χ1) is 15.8. The van der Waals surface area contributed by atoms with Gasteiger partial charge in [-0.05, 0) is 37.1 Å². The van der Waals surface area contributed by atoms with Crippen molar-refractivity contribution in [2.45, 2.75) is 24.2 Å². The maximum Gasteiger partial charge on any atom is 0.269 e. The number of hydrogen-bond acceptors (Lipinski definition) is 7. The summed E-state index contributed by atoms with van der Waals surface area (Å²) in [7, 11) is -2.12. The highest BCUT2D eigenvalue weighted by Gasteiger charge is 2.34. The molecule has 0 saturated carbocycles. The first-order valence-corrected chi connectivity index (χ1v) is 12.1. The Balaban J connectivity index is 1.41. The lowest BCUT2D eigenvalue weighted by Crippen LogP contribution is -2.43. The van der Waals surface area contributed by atoms with E-state index in [9.17, 15) is 23.3 Å². The molecule has 2 aromatic carbocycles. The van der Waals surface area contributed by atoms with Crippen LogP contribution in [0, 0.1) is 16.0 Å². The highest BCUT2D eigenvalue weighted by Crippen LogP contribution is 2.34. The van der Waals surface area contributed by atoms with Crippen LogP contribution in [0.15, 0.2) is 47.4 Å². The van der Waals surface area contributed by atoms with Crippen molar-refractivity contribution in [3.05, 3.63) is 52.6 Å². The molecule has 0 aliphatic carbocycles. The Kier molecular flexibility index (Phi) is 6.52. The van der Waals surface area contributed by atoms with E-state index in [2.05, 4.69) is 0 Å². The lowest BCUT2D eigenvalue weighted by atomic mass is 9.96. The van der Waals surface area contributed by atoms with E-state index in [1.165, 1.54) is 45.6 Å². The number of non-ortho nitro benzene ring substituents is 1. The average molecular weight is 476 g/mol. The van der Waals surface area contributed by atoms with Crippen molar-refractivity contribution < 1.29 is 27.6 Å². The molecule has 0 unspecified atom stereocenters. The summed E-state index contributed by atoms with van der Waals surface area (Å²) in [6, 6.07) is 10.4. The summed E-state index contributed by atoms with van der Waals surface area (Å²) in [6.07, 6.45) is 1.51. The smallest absolute Gasteiger partial charge is 0.269 e. The molecule has 0 N–H and O–H groups in total. The van der Waals surface area contributed by atoms with Gasteiger partial charge in [-0.3, -0.25) is 14.9 Å². The number of carbonyl (C=O) groups excluding carboxylic acids is 1. The predicted octanol–water partition coefficient (Wildman–Crippen LogP) is 2.82. The number of ether oxygens (including phenoxy) is 2. The molecule has 176 valence electrons. The number of hydrogen-bond donors (Lipinski definition) is 0. The topological polar surface area (TPSA) is 119 Å². The molecule has 0 aromatic heterocycles. The first-order valence-electron chi connectivity index (χ1n) is 10.7. The fourth-order valence-corrected chi connectivity index (χ4v) is 5.48. The van der Waals surface area contributed by atoms with Gasteiger partial charge in [-0.15, -0.1) is 0 Å². The van der Waals surface area contributed by atoms with Gasteiger partial charge in [-0.2, -0.15) is 4.31 Å². The average Bonchev–Trinajstić information content (AvgIpc) is 3.08. The van der Waals surface area contributed by atoms with Gasteiger partial charge in [-0.1, -0.05) is 0 Å². The number of anilines is 1. The zero-order chi connectivity index (χ0) is 23.6. The van der Waals surface area contributed by atoms with Crippen LogP contribution in [0.2, 0.25) is 0 Å². The van der Waals surface area contributed by atoms with Crippen LogP contribution < -0.4 is 14.4 Å². The molecular formula is C22H25N3O7S. The maximum absolute atomic E-state index is 13.2. The van der Waals surface area contributed by atoms with Crippen LogP contribution in [-0.4, -0.2) is 56.9 Å². The minimum Gasteiger partial charge on any atom is -0.490 e. The summed E-state index contributed by atoms with van der Waals surface area (Å²) in [4.78, 5) is 24.9. The van der Waals surface area contributed by atoms with Crippen molar-refractivity contribution in [2.75, 3.05) is 38.3 Å². The molecule has 10 nitrogen and oxygen atoms in total. The van der Waals surface area contributed by atoms with Crippen LogP contribution >= 0.6 is 0 Å². The van der Waals surface area contributed by atoms with E-state index in [1.807, 2.05) is 0 Å². The first kappa shape index (κ1) is 23.0. The van der Waals surface area contributed by atoms with Gasteiger partial charge in [0.15, 0.2) is 11.5 Å². The van der Waals surface area contributed by atoms with Gasteiger partial charge >= 0.3 is 0 Å². The van der Waals surface area contributed by atoms with E-state index in [1.54, 1.807) is 13.1 Å². The lowest BCUT2D eigenvalue weighted by Gasteiger charge is -2.32. The second-order valence-electron chi connectivity index (χ2n) is 8.01. The van der Waals surface area contributed by atoms with E-state index in [4.69, 9.17) is 9.47 Å². The molecule has 0 radical (unpaired) electrons. The molecule has 11 heteroatoms. The van der Waals surface area contributed by atoms with Gasteiger partial charge in [-0.25, -0.2) is 8.42 Å². The number of carbonyl (C=O) groups is 1. The third-order valence-corrected chi connectivity index (χ3v) is 7.83. The number of fused-ring (bicyclic) bond motifs is 1. The molecule has 2 aliphatic rings. The monoisotopic (exact) mass is 475 g/mol. The Hall–Kier alpha value is -3.18. The molecule has 0 bridgehead atoms. The zero-order valence-corrected chi connectivity index (χ0v) is 19.0. The summed E-state index contributed by atoms with van der Waals surface area (Å²) in [5.74, 6) is 0.477. The Morgan fingerprint density at radius 1 is 1.06 bits per heavy atom. The van der Waals surface area contributed by atoms with Gasteiger partial charge < -0.3 is 14.4 Å². The standard InChI is InChI=1S/C22H25N3O7S/c1-23(17-3-5-18(6-4-17)25(27)28)22(26)16-9-11-24(12-10-16)33(29,30)19-7-8-20-21(15-19)32-14-2-13-31-20/h3-8,15-16H,2,9-14H2,1H3. The van der Waals surface area contributed by atoms with Gasteiger partial charge in [0.25, 0.3) is 5.69 Å². The molecule has 1 fully saturated rings. The van der Waals surface area contributed by atoms with Crippen LogP contribution in [0.3, 0.4) is 0 Å². The molecule has 1 amide bonds. The Morgan fingerprint density at radius 3 is 2.33 bits per heavy atom. The van der Waals surface area contributed by atoms with E-state index in [0.29, 0.717) is 43.2 Å². The summed E-state index contributed by atoms with van der Waals surface area (Å²) in [6.45, 7) is 1.43. The third-order valence-electron chi connectivity index (χ3n) is 5.94. The van der Waals surface area contributed by atoms with Crippen molar-refractivity contribution in [1.29, 1.82) is 0 Å². The van der Waals surface area contributed by atoms with Crippen LogP contribution in [0.1, 0.15) is 19.3 Å². The minimum absolute atomic E-state index is 0.0483. The van der Waals surface area contributed by atoms with E-state index < -0.39 is 14.9 Å². The molecule has 2 heterocycles. The van der Waals surface area contributed by atoms with Gasteiger partial charge in [0.05, 0.1) is 23.0 Å².